The molecule has 5 saturated carbocycles. The SMILES string of the molecule is BrC1CCC(C2CCCC(C3CCC4CCCCC4C3)C2)C2CCCCC12. The summed E-state index contributed by atoms with van der Waals surface area (Å²) >= 11 is 4.09. The van der Waals surface area contributed by atoms with Crippen molar-refractivity contribution in [3.05, 3.63) is 0 Å². The fourth-order valence-corrected chi connectivity index (χ4v) is 9.88. The van der Waals surface area contributed by atoms with Gasteiger partial charge in [0.2, 0.25) is 0 Å². The molecule has 0 aromatic heterocycles. The third kappa shape index (κ3) is 4.06. The van der Waals surface area contributed by atoms with Crippen LogP contribution in [0.15, 0.2) is 0 Å². The smallest absolute Gasteiger partial charge is 0.0176 e. The van der Waals surface area contributed by atoms with Crippen LogP contribution in [0, 0.1) is 47.3 Å². The lowest BCUT2D eigenvalue weighted by Crippen LogP contribution is -2.42. The first kappa shape index (κ1) is 19.4. The summed E-state index contributed by atoms with van der Waals surface area (Å²) in [5.74, 6) is 8.77. The monoisotopic (exact) mass is 434 g/mol. The summed E-state index contributed by atoms with van der Waals surface area (Å²) in [6.07, 6.45) is 26.5. The van der Waals surface area contributed by atoms with Crippen molar-refractivity contribution < 1.29 is 0 Å². The lowest BCUT2D eigenvalue weighted by molar-refractivity contribution is 0.0216. The van der Waals surface area contributed by atoms with Gasteiger partial charge in [0.25, 0.3) is 0 Å². The molecule has 0 spiro atoms. The number of fused-ring (bicyclic) bond motifs is 2. The molecule has 0 nitrogen and oxygen atoms in total. The molecule has 9 unspecified atom stereocenters. The van der Waals surface area contributed by atoms with Gasteiger partial charge in [-0.2, -0.15) is 0 Å². The highest BCUT2D eigenvalue weighted by atomic mass is 79.9. The van der Waals surface area contributed by atoms with Crippen LogP contribution < -0.4 is 0 Å². The predicted molar refractivity (Wildman–Crippen MR) is 119 cm³/mol. The van der Waals surface area contributed by atoms with Gasteiger partial charge < -0.3 is 0 Å². The van der Waals surface area contributed by atoms with Crippen molar-refractivity contribution in [3.8, 4) is 0 Å². The molecule has 9 atom stereocenters. The van der Waals surface area contributed by atoms with Crippen molar-refractivity contribution >= 4 is 15.9 Å². The highest BCUT2D eigenvalue weighted by molar-refractivity contribution is 9.09. The van der Waals surface area contributed by atoms with Gasteiger partial charge in [-0.25, -0.2) is 0 Å². The average molecular weight is 436 g/mol. The summed E-state index contributed by atoms with van der Waals surface area (Å²) in [5.41, 5.74) is 0. The van der Waals surface area contributed by atoms with Crippen molar-refractivity contribution in [2.24, 2.45) is 47.3 Å². The molecule has 5 aliphatic rings. The molecule has 0 saturated heterocycles. The second-order valence-electron chi connectivity index (χ2n) is 11.4. The summed E-state index contributed by atoms with van der Waals surface area (Å²) in [5, 5.41) is 0. The summed E-state index contributed by atoms with van der Waals surface area (Å²) < 4.78 is 0. The van der Waals surface area contributed by atoms with E-state index in [4.69, 9.17) is 0 Å². The maximum Gasteiger partial charge on any atom is 0.0176 e. The van der Waals surface area contributed by atoms with Gasteiger partial charge in [-0.15, -0.1) is 0 Å². The van der Waals surface area contributed by atoms with Crippen molar-refractivity contribution in [1.29, 1.82) is 0 Å². The molecule has 1 heteroatoms. The minimum Gasteiger partial charge on any atom is -0.0888 e. The Morgan fingerprint density at radius 2 is 0.926 bits per heavy atom. The van der Waals surface area contributed by atoms with Crippen LogP contribution >= 0.6 is 15.9 Å². The molecule has 154 valence electrons. The highest BCUT2D eigenvalue weighted by Crippen LogP contribution is 2.54. The molecule has 0 heterocycles. The number of rotatable bonds is 2. The molecule has 5 fully saturated rings. The molecule has 0 aromatic carbocycles. The van der Waals surface area contributed by atoms with Gasteiger partial charge in [-0.1, -0.05) is 73.7 Å². The Hall–Kier alpha value is 0.480. The lowest BCUT2D eigenvalue weighted by Gasteiger charge is -2.50. The Bertz CT molecular complexity index is 487. The van der Waals surface area contributed by atoms with E-state index >= 15 is 0 Å². The molecular weight excluding hydrogens is 392 g/mol. The van der Waals surface area contributed by atoms with Crippen LogP contribution in [-0.4, -0.2) is 4.83 Å². The zero-order chi connectivity index (χ0) is 18.2. The van der Waals surface area contributed by atoms with E-state index in [1.165, 1.54) is 32.1 Å². The van der Waals surface area contributed by atoms with E-state index in [9.17, 15) is 0 Å². The summed E-state index contributed by atoms with van der Waals surface area (Å²) in [6.45, 7) is 0. The first-order valence-electron chi connectivity index (χ1n) is 12.9. The fourth-order valence-electron chi connectivity index (χ4n) is 8.96. The second kappa shape index (κ2) is 8.69. The Balaban J connectivity index is 1.23. The van der Waals surface area contributed by atoms with Crippen LogP contribution in [0.4, 0.5) is 0 Å². The zero-order valence-electron chi connectivity index (χ0n) is 17.6. The van der Waals surface area contributed by atoms with Crippen molar-refractivity contribution in [3.63, 3.8) is 0 Å². The standard InChI is InChI=1S/C26H43Br/c27-26-15-14-23(24-10-3-4-11-25(24)26)22-9-5-8-20(17-22)21-13-12-18-6-1-2-7-19(18)16-21/h18-26H,1-17H2. The Morgan fingerprint density at radius 3 is 1.81 bits per heavy atom. The number of halogens is 1. The Labute approximate surface area is 177 Å². The Kier molecular flexibility index (Phi) is 6.26. The van der Waals surface area contributed by atoms with E-state index in [1.54, 1.807) is 77.0 Å². The topological polar surface area (TPSA) is 0 Å². The third-order valence-electron chi connectivity index (χ3n) is 10.3. The van der Waals surface area contributed by atoms with Gasteiger partial charge >= 0.3 is 0 Å². The number of alkyl halides is 1. The van der Waals surface area contributed by atoms with Crippen LogP contribution in [-0.2, 0) is 0 Å². The molecule has 5 aliphatic carbocycles. The average Bonchev–Trinajstić information content (AvgIpc) is 2.74. The van der Waals surface area contributed by atoms with Gasteiger partial charge in [-0.05, 0) is 98.7 Å². The normalized spacial score (nSPS) is 51.2. The molecular formula is C26H43Br. The van der Waals surface area contributed by atoms with Gasteiger partial charge in [0, 0.05) is 4.83 Å². The first-order chi connectivity index (χ1) is 13.3. The van der Waals surface area contributed by atoms with Crippen molar-refractivity contribution in [2.45, 2.75) is 114 Å². The molecule has 0 aromatic rings. The van der Waals surface area contributed by atoms with E-state index < -0.39 is 0 Å². The minimum atomic E-state index is 0.847. The number of hydrogen-bond donors (Lipinski definition) is 0. The first-order valence-corrected chi connectivity index (χ1v) is 13.8. The fraction of sp³-hybridized carbons (Fsp3) is 1.00. The van der Waals surface area contributed by atoms with Crippen LogP contribution in [0.2, 0.25) is 0 Å². The van der Waals surface area contributed by atoms with Crippen molar-refractivity contribution in [2.75, 3.05) is 0 Å². The maximum absolute atomic E-state index is 4.09. The second-order valence-corrected chi connectivity index (χ2v) is 12.6. The van der Waals surface area contributed by atoms with Crippen LogP contribution in [0.3, 0.4) is 0 Å². The van der Waals surface area contributed by atoms with Gasteiger partial charge in [0.1, 0.15) is 0 Å². The molecule has 0 aliphatic heterocycles. The van der Waals surface area contributed by atoms with Gasteiger partial charge in [0.05, 0.1) is 0 Å². The van der Waals surface area contributed by atoms with Crippen LogP contribution in [0.5, 0.6) is 0 Å². The van der Waals surface area contributed by atoms with Crippen LogP contribution in [0.1, 0.15) is 109 Å². The molecule has 27 heavy (non-hydrogen) atoms. The molecule has 5 rings (SSSR count). The largest absolute Gasteiger partial charge is 0.0888 e. The zero-order valence-corrected chi connectivity index (χ0v) is 19.2. The highest BCUT2D eigenvalue weighted by Gasteiger charge is 2.44. The lowest BCUT2D eigenvalue weighted by atomic mass is 9.57. The van der Waals surface area contributed by atoms with E-state index in [-0.39, 0.29) is 0 Å². The maximum atomic E-state index is 4.09. The number of hydrogen-bond acceptors (Lipinski definition) is 0. The predicted octanol–water partition coefficient (Wildman–Crippen LogP) is 8.38. The summed E-state index contributed by atoms with van der Waals surface area (Å²) in [7, 11) is 0. The van der Waals surface area contributed by atoms with E-state index in [2.05, 4.69) is 15.9 Å². The van der Waals surface area contributed by atoms with Crippen molar-refractivity contribution in [1.82, 2.24) is 0 Å². The summed E-state index contributed by atoms with van der Waals surface area (Å²) in [6, 6.07) is 0. The quantitative estimate of drug-likeness (QED) is 0.382. The summed E-state index contributed by atoms with van der Waals surface area (Å²) in [4.78, 5) is 0.847. The van der Waals surface area contributed by atoms with Gasteiger partial charge in [0.15, 0.2) is 0 Å². The Morgan fingerprint density at radius 1 is 0.370 bits per heavy atom. The van der Waals surface area contributed by atoms with Gasteiger partial charge in [-0.3, -0.25) is 0 Å². The molecule has 0 radical (unpaired) electrons. The van der Waals surface area contributed by atoms with Crippen LogP contribution in [0.25, 0.3) is 0 Å². The van der Waals surface area contributed by atoms with E-state index in [0.717, 1.165) is 52.2 Å². The van der Waals surface area contributed by atoms with E-state index in [0.29, 0.717) is 0 Å². The molecule has 0 N–H and O–H groups in total. The third-order valence-corrected chi connectivity index (χ3v) is 11.4. The minimum absolute atomic E-state index is 0.847. The van der Waals surface area contributed by atoms with E-state index in [1.807, 2.05) is 0 Å². The molecule has 0 bridgehead atoms. The molecule has 0 amide bonds.